The Balaban J connectivity index is 3.43. The van der Waals surface area contributed by atoms with Gasteiger partial charge in [0.15, 0.2) is 0 Å². The van der Waals surface area contributed by atoms with E-state index in [9.17, 15) is 4.39 Å². The number of allylic oxidation sites excluding steroid dienone is 1. The first-order valence-corrected chi connectivity index (χ1v) is 5.85. The molecule has 0 heterocycles. The van der Waals surface area contributed by atoms with Crippen molar-refractivity contribution < 1.29 is 4.39 Å². The second-order valence-corrected chi connectivity index (χ2v) is 4.77. The summed E-state index contributed by atoms with van der Waals surface area (Å²) in [4.78, 5) is 0. The van der Waals surface area contributed by atoms with E-state index in [1.54, 1.807) is 6.07 Å². The van der Waals surface area contributed by atoms with Gasteiger partial charge in [-0.2, -0.15) is 0 Å². The van der Waals surface area contributed by atoms with Gasteiger partial charge in [-0.15, -0.1) is 0 Å². The van der Waals surface area contributed by atoms with E-state index in [4.69, 9.17) is 5.73 Å². The minimum atomic E-state index is -0.201. The summed E-state index contributed by atoms with van der Waals surface area (Å²) in [6.07, 6.45) is 0. The fraction of sp³-hybridized carbons (Fsp3) is 0.429. The van der Waals surface area contributed by atoms with Crippen molar-refractivity contribution in [3.63, 3.8) is 0 Å². The average Bonchev–Trinajstić information content (AvgIpc) is 2.15. The molecule has 3 heteroatoms. The van der Waals surface area contributed by atoms with Crippen LogP contribution in [0.15, 0.2) is 24.4 Å². The van der Waals surface area contributed by atoms with Crippen LogP contribution in [-0.2, 0) is 0 Å². The van der Waals surface area contributed by atoms with Gasteiger partial charge < -0.3 is 11.1 Å². The van der Waals surface area contributed by atoms with Gasteiger partial charge in [0.05, 0.1) is 0 Å². The summed E-state index contributed by atoms with van der Waals surface area (Å²) in [5.41, 5.74) is 9.04. The van der Waals surface area contributed by atoms with E-state index in [0.29, 0.717) is 5.56 Å². The molecule has 1 aromatic carbocycles. The lowest BCUT2D eigenvalue weighted by Gasteiger charge is -2.21. The molecule has 0 saturated heterocycles. The lowest BCUT2D eigenvalue weighted by Crippen LogP contribution is -2.12. The summed E-state index contributed by atoms with van der Waals surface area (Å²) >= 11 is 0. The van der Waals surface area contributed by atoms with Crippen LogP contribution >= 0.6 is 0 Å². The van der Waals surface area contributed by atoms with Crippen molar-refractivity contribution in [2.45, 2.75) is 39.7 Å². The maximum atomic E-state index is 13.9. The molecule has 0 radical (unpaired) electrons. The molecule has 3 N–H and O–H groups in total. The molecular formula is C14H21FN2. The molecule has 2 nitrogen and oxygen atoms in total. The summed E-state index contributed by atoms with van der Waals surface area (Å²) in [7, 11) is 0. The van der Waals surface area contributed by atoms with Gasteiger partial charge in [0.25, 0.3) is 0 Å². The average molecular weight is 236 g/mol. The second kappa shape index (κ2) is 5.32. The van der Waals surface area contributed by atoms with Crippen molar-refractivity contribution >= 4 is 5.69 Å². The van der Waals surface area contributed by atoms with Crippen molar-refractivity contribution in [1.29, 1.82) is 0 Å². The van der Waals surface area contributed by atoms with Crippen LogP contribution in [0.4, 0.5) is 10.1 Å². The van der Waals surface area contributed by atoms with Crippen LogP contribution in [0.1, 0.15) is 50.8 Å². The summed E-state index contributed by atoms with van der Waals surface area (Å²) in [5, 5.41) is 3.13. The van der Waals surface area contributed by atoms with Crippen molar-refractivity contribution in [3.8, 4) is 0 Å². The summed E-state index contributed by atoms with van der Waals surface area (Å²) in [6.45, 7) is 11.5. The fourth-order valence-electron chi connectivity index (χ4n) is 1.91. The second-order valence-electron chi connectivity index (χ2n) is 4.77. The maximum absolute atomic E-state index is 13.9. The third kappa shape index (κ3) is 3.07. The number of hydrogen-bond acceptors (Lipinski definition) is 2. The Morgan fingerprint density at radius 1 is 1.35 bits per heavy atom. The van der Waals surface area contributed by atoms with E-state index in [2.05, 4.69) is 11.9 Å². The molecule has 1 atom stereocenters. The van der Waals surface area contributed by atoms with Crippen molar-refractivity contribution in [2.24, 2.45) is 5.73 Å². The molecule has 1 rings (SSSR count). The number of rotatable bonds is 4. The first kappa shape index (κ1) is 13.7. The molecule has 0 fully saturated rings. The summed E-state index contributed by atoms with van der Waals surface area (Å²) in [6, 6.07) is 3.07. The number of halogens is 1. The van der Waals surface area contributed by atoms with E-state index in [0.717, 1.165) is 16.9 Å². The highest BCUT2D eigenvalue weighted by molar-refractivity contribution is 5.62. The van der Waals surface area contributed by atoms with Crippen LogP contribution in [0.2, 0.25) is 0 Å². The Hall–Kier alpha value is -1.35. The standard InChI is InChI=1S/C14H21FN2/c1-8(2)13-12(15)7-6-11(10(5)16)14(13)17-9(3)4/h6-8,10,17H,3,16H2,1-2,4-5H3. The lowest BCUT2D eigenvalue weighted by atomic mass is 9.94. The molecule has 0 aliphatic rings. The van der Waals surface area contributed by atoms with Gasteiger partial charge in [-0.3, -0.25) is 0 Å². The van der Waals surface area contributed by atoms with Crippen molar-refractivity contribution in [3.05, 3.63) is 41.4 Å². The Labute approximate surface area is 103 Å². The Kier molecular flexibility index (Phi) is 4.29. The molecular weight excluding hydrogens is 215 g/mol. The maximum Gasteiger partial charge on any atom is 0.128 e. The number of benzene rings is 1. The van der Waals surface area contributed by atoms with Gasteiger partial charge in [-0.05, 0) is 31.4 Å². The molecule has 1 unspecified atom stereocenters. The largest absolute Gasteiger partial charge is 0.359 e. The van der Waals surface area contributed by atoms with Crippen LogP contribution in [0.25, 0.3) is 0 Å². The Morgan fingerprint density at radius 2 is 1.94 bits per heavy atom. The number of nitrogens with two attached hydrogens (primary N) is 1. The normalized spacial score (nSPS) is 12.6. The minimum Gasteiger partial charge on any atom is -0.359 e. The minimum absolute atomic E-state index is 0.0931. The molecule has 0 aliphatic heterocycles. The number of anilines is 1. The molecule has 0 bridgehead atoms. The zero-order chi connectivity index (χ0) is 13.2. The topological polar surface area (TPSA) is 38.0 Å². The molecule has 0 aliphatic carbocycles. The van der Waals surface area contributed by atoms with E-state index in [-0.39, 0.29) is 17.8 Å². The smallest absolute Gasteiger partial charge is 0.128 e. The van der Waals surface area contributed by atoms with Crippen LogP contribution in [-0.4, -0.2) is 0 Å². The predicted molar refractivity (Wildman–Crippen MR) is 71.5 cm³/mol. The van der Waals surface area contributed by atoms with Gasteiger partial charge in [0.2, 0.25) is 0 Å². The predicted octanol–water partition coefficient (Wildman–Crippen LogP) is 3.91. The quantitative estimate of drug-likeness (QED) is 0.831. The van der Waals surface area contributed by atoms with Gasteiger partial charge in [-0.25, -0.2) is 4.39 Å². The van der Waals surface area contributed by atoms with E-state index in [1.165, 1.54) is 6.07 Å². The molecule has 0 spiro atoms. The highest BCUT2D eigenvalue weighted by atomic mass is 19.1. The SMILES string of the molecule is C=C(C)Nc1c(C(C)N)ccc(F)c1C(C)C. The summed E-state index contributed by atoms with van der Waals surface area (Å²) in [5.74, 6) is -0.108. The third-order valence-electron chi connectivity index (χ3n) is 2.63. The molecule has 0 saturated carbocycles. The monoisotopic (exact) mass is 236 g/mol. The summed E-state index contributed by atoms with van der Waals surface area (Å²) < 4.78 is 13.9. The van der Waals surface area contributed by atoms with E-state index >= 15 is 0 Å². The zero-order valence-corrected chi connectivity index (χ0v) is 11.0. The highest BCUT2D eigenvalue weighted by Gasteiger charge is 2.18. The lowest BCUT2D eigenvalue weighted by molar-refractivity contribution is 0.597. The van der Waals surface area contributed by atoms with Crippen molar-refractivity contribution in [1.82, 2.24) is 0 Å². The van der Waals surface area contributed by atoms with Crippen LogP contribution in [0, 0.1) is 5.82 Å². The Bertz CT molecular complexity index is 422. The fourth-order valence-corrected chi connectivity index (χ4v) is 1.91. The zero-order valence-electron chi connectivity index (χ0n) is 11.0. The van der Waals surface area contributed by atoms with E-state index < -0.39 is 0 Å². The third-order valence-corrected chi connectivity index (χ3v) is 2.63. The van der Waals surface area contributed by atoms with Crippen LogP contribution in [0.5, 0.6) is 0 Å². The first-order valence-electron chi connectivity index (χ1n) is 5.85. The van der Waals surface area contributed by atoms with Crippen LogP contribution < -0.4 is 11.1 Å². The van der Waals surface area contributed by atoms with E-state index in [1.807, 2.05) is 27.7 Å². The number of hydrogen-bond donors (Lipinski definition) is 2. The molecule has 1 aromatic rings. The molecule has 0 amide bonds. The van der Waals surface area contributed by atoms with Crippen molar-refractivity contribution in [2.75, 3.05) is 5.32 Å². The molecule has 17 heavy (non-hydrogen) atoms. The molecule has 94 valence electrons. The number of nitrogens with one attached hydrogen (secondary N) is 1. The highest BCUT2D eigenvalue weighted by Crippen LogP contribution is 2.33. The van der Waals surface area contributed by atoms with Gasteiger partial charge in [-0.1, -0.05) is 26.5 Å². The van der Waals surface area contributed by atoms with Gasteiger partial charge in [0.1, 0.15) is 5.82 Å². The van der Waals surface area contributed by atoms with Gasteiger partial charge in [0, 0.05) is 23.0 Å². The van der Waals surface area contributed by atoms with Gasteiger partial charge >= 0.3 is 0 Å². The Morgan fingerprint density at radius 3 is 2.35 bits per heavy atom. The molecule has 0 aromatic heterocycles. The van der Waals surface area contributed by atoms with Crippen LogP contribution in [0.3, 0.4) is 0 Å². The first-order chi connectivity index (χ1) is 7.84.